The first-order valence-corrected chi connectivity index (χ1v) is 15.6. The van der Waals surface area contributed by atoms with Gasteiger partial charge in [-0.15, -0.1) is 24.9 Å². The molecular formula is C32H43N3O4S. The Morgan fingerprint density at radius 3 is 2.42 bits per heavy atom. The van der Waals surface area contributed by atoms with Crippen LogP contribution in [0.3, 0.4) is 0 Å². The molecule has 1 aliphatic carbocycles. The fraction of sp³-hybridized carbons (Fsp3) is 0.594. The summed E-state index contributed by atoms with van der Waals surface area (Å²) in [5, 5.41) is 10.7. The molecule has 0 aromatic heterocycles. The molecule has 1 spiro atoms. The first-order valence-electron chi connectivity index (χ1n) is 14.7. The number of benzene rings is 1. The number of carbonyl (C=O) groups is 3. The summed E-state index contributed by atoms with van der Waals surface area (Å²) in [4.78, 5) is 48.7. The van der Waals surface area contributed by atoms with Gasteiger partial charge < -0.3 is 19.8 Å². The van der Waals surface area contributed by atoms with E-state index in [9.17, 15) is 19.5 Å². The molecule has 3 amide bonds. The molecule has 5 rings (SSSR count). The molecule has 1 aromatic rings. The van der Waals surface area contributed by atoms with Crippen LogP contribution in [0, 0.1) is 17.8 Å². The highest BCUT2D eigenvalue weighted by Crippen LogP contribution is 2.69. The molecule has 1 aromatic carbocycles. The van der Waals surface area contributed by atoms with Crippen LogP contribution >= 0.6 is 11.8 Å². The van der Waals surface area contributed by atoms with Gasteiger partial charge in [0, 0.05) is 31.4 Å². The Kier molecular flexibility index (Phi) is 8.48. The minimum absolute atomic E-state index is 0.0204. The number of hydrogen-bond acceptors (Lipinski definition) is 5. The summed E-state index contributed by atoms with van der Waals surface area (Å²) in [5.74, 6) is -1.37. The smallest absolute Gasteiger partial charge is 0.247 e. The molecule has 3 unspecified atom stereocenters. The summed E-state index contributed by atoms with van der Waals surface area (Å²) in [6.07, 6.45) is 9.47. The van der Waals surface area contributed by atoms with Crippen LogP contribution < -0.4 is 0 Å². The van der Waals surface area contributed by atoms with Gasteiger partial charge in [-0.2, -0.15) is 0 Å². The Hall–Kier alpha value is -2.58. The molecule has 0 radical (unpaired) electrons. The van der Waals surface area contributed by atoms with E-state index in [4.69, 9.17) is 0 Å². The van der Waals surface area contributed by atoms with Crippen molar-refractivity contribution in [3.8, 4) is 0 Å². The molecule has 4 fully saturated rings. The summed E-state index contributed by atoms with van der Waals surface area (Å²) < 4.78 is -0.732. The highest BCUT2D eigenvalue weighted by molar-refractivity contribution is 8.02. The third-order valence-corrected chi connectivity index (χ3v) is 11.9. The van der Waals surface area contributed by atoms with Gasteiger partial charge in [0.1, 0.15) is 6.04 Å². The van der Waals surface area contributed by atoms with Crippen LogP contribution in [0.15, 0.2) is 55.6 Å². The standard InChI is InChI=1S/C32H43N3O4S/c1-5-17-33(4)29(37)26-25-19-21(3)32(40-25)27(26)30(38)35(24(20-36)22-13-9-7-10-14-22)28(32)31(39)34(18-6-2)23-15-11-8-12-16-23/h5-7,9-10,13-14,21,23-28,36H,1-2,8,11-12,15-20H2,3-4H3/t21?,24-,25+,26-,27+,28?,32?/m1/s1. The van der Waals surface area contributed by atoms with Crippen LogP contribution in [0.4, 0.5) is 0 Å². The van der Waals surface area contributed by atoms with Gasteiger partial charge in [-0.25, -0.2) is 0 Å². The Morgan fingerprint density at radius 1 is 1.12 bits per heavy atom. The van der Waals surface area contributed by atoms with Gasteiger partial charge in [0.15, 0.2) is 0 Å². The molecule has 3 saturated heterocycles. The maximum absolute atomic E-state index is 14.9. The minimum atomic E-state index is -0.767. The number of amides is 3. The lowest BCUT2D eigenvalue weighted by Gasteiger charge is -2.44. The van der Waals surface area contributed by atoms with Crippen LogP contribution in [0.25, 0.3) is 0 Å². The van der Waals surface area contributed by atoms with E-state index >= 15 is 0 Å². The highest BCUT2D eigenvalue weighted by atomic mass is 32.2. The second-order valence-corrected chi connectivity index (χ2v) is 13.5. The summed E-state index contributed by atoms with van der Waals surface area (Å²) in [7, 11) is 1.76. The van der Waals surface area contributed by atoms with E-state index in [2.05, 4.69) is 20.1 Å². The number of hydrogen-bond donors (Lipinski definition) is 1. The predicted molar refractivity (Wildman–Crippen MR) is 158 cm³/mol. The van der Waals surface area contributed by atoms with E-state index in [1.807, 2.05) is 35.2 Å². The number of fused-ring (bicyclic) bond motifs is 1. The highest BCUT2D eigenvalue weighted by Gasteiger charge is 2.77. The van der Waals surface area contributed by atoms with Crippen molar-refractivity contribution < 1.29 is 19.5 Å². The predicted octanol–water partition coefficient (Wildman–Crippen LogP) is 4.05. The van der Waals surface area contributed by atoms with E-state index in [1.165, 1.54) is 6.42 Å². The maximum Gasteiger partial charge on any atom is 0.247 e. The van der Waals surface area contributed by atoms with Crippen molar-refractivity contribution in [3.63, 3.8) is 0 Å². The van der Waals surface area contributed by atoms with Crippen molar-refractivity contribution >= 4 is 29.5 Å². The first-order chi connectivity index (χ1) is 19.3. The Bertz CT molecular complexity index is 1140. The molecule has 7 atom stereocenters. The van der Waals surface area contributed by atoms with Gasteiger partial charge in [0.25, 0.3) is 0 Å². The van der Waals surface area contributed by atoms with Gasteiger partial charge in [0.05, 0.1) is 29.2 Å². The van der Waals surface area contributed by atoms with Gasteiger partial charge in [-0.1, -0.05) is 68.7 Å². The number of likely N-dealkylation sites (N-methyl/N-ethyl adjacent to an activating group) is 1. The molecule has 3 aliphatic heterocycles. The van der Waals surface area contributed by atoms with Crippen LogP contribution in [0.5, 0.6) is 0 Å². The Balaban J connectivity index is 1.63. The van der Waals surface area contributed by atoms with Crippen molar-refractivity contribution in [2.45, 2.75) is 73.6 Å². The number of rotatable bonds is 10. The molecule has 1 N–H and O–H groups in total. The number of aliphatic hydroxyl groups excluding tert-OH is 1. The molecule has 40 heavy (non-hydrogen) atoms. The van der Waals surface area contributed by atoms with E-state index in [1.54, 1.807) is 40.8 Å². The zero-order valence-electron chi connectivity index (χ0n) is 23.8. The molecule has 3 heterocycles. The monoisotopic (exact) mass is 565 g/mol. The van der Waals surface area contributed by atoms with Gasteiger partial charge in [-0.05, 0) is 30.7 Å². The quantitative estimate of drug-likeness (QED) is 0.433. The molecule has 2 bridgehead atoms. The van der Waals surface area contributed by atoms with Crippen LogP contribution in [0.1, 0.15) is 57.1 Å². The van der Waals surface area contributed by atoms with Crippen molar-refractivity contribution in [2.24, 2.45) is 17.8 Å². The van der Waals surface area contributed by atoms with Crippen molar-refractivity contribution in [2.75, 3.05) is 26.7 Å². The molecule has 1 saturated carbocycles. The third-order valence-electron chi connectivity index (χ3n) is 9.80. The van der Waals surface area contributed by atoms with Crippen molar-refractivity contribution in [3.05, 3.63) is 61.2 Å². The molecular weight excluding hydrogens is 522 g/mol. The van der Waals surface area contributed by atoms with Gasteiger partial charge in [-0.3, -0.25) is 14.4 Å². The van der Waals surface area contributed by atoms with E-state index in [0.717, 1.165) is 37.7 Å². The lowest BCUT2D eigenvalue weighted by Crippen LogP contribution is -2.59. The van der Waals surface area contributed by atoms with E-state index in [0.29, 0.717) is 13.1 Å². The zero-order chi connectivity index (χ0) is 28.6. The van der Waals surface area contributed by atoms with Gasteiger partial charge >= 0.3 is 0 Å². The molecule has 7 nitrogen and oxygen atoms in total. The normalized spacial score (nSPS) is 32.0. The second-order valence-electron chi connectivity index (χ2n) is 12.0. The lowest BCUT2D eigenvalue weighted by atomic mass is 9.65. The fourth-order valence-corrected chi connectivity index (χ4v) is 10.4. The summed E-state index contributed by atoms with van der Waals surface area (Å²) >= 11 is 1.69. The maximum atomic E-state index is 14.9. The van der Waals surface area contributed by atoms with Crippen LogP contribution in [-0.2, 0) is 14.4 Å². The lowest BCUT2D eigenvalue weighted by molar-refractivity contribution is -0.148. The number of thioether (sulfide) groups is 1. The van der Waals surface area contributed by atoms with Gasteiger partial charge in [0.2, 0.25) is 17.7 Å². The summed E-state index contributed by atoms with van der Waals surface area (Å²) in [6, 6.07) is 8.14. The second kappa shape index (κ2) is 11.7. The van der Waals surface area contributed by atoms with Crippen LogP contribution in [-0.4, -0.2) is 86.4 Å². The SMILES string of the molecule is C=CCN(C)C(=O)[C@@H]1[C@@H]2CC(C)C3(S2)C(C(=O)N(CC=C)C2CCCCC2)N([C@H](CO)c2ccccc2)C(=O)[C@H]13. The van der Waals surface area contributed by atoms with Crippen molar-refractivity contribution in [1.29, 1.82) is 0 Å². The largest absolute Gasteiger partial charge is 0.394 e. The van der Waals surface area contributed by atoms with Crippen LogP contribution in [0.2, 0.25) is 0 Å². The average molecular weight is 566 g/mol. The number of carbonyl (C=O) groups excluding carboxylic acids is 3. The third kappa shape index (κ3) is 4.51. The summed E-state index contributed by atoms with van der Waals surface area (Å²) in [5.41, 5.74) is 0.791. The number of aliphatic hydroxyl groups is 1. The van der Waals surface area contributed by atoms with E-state index in [-0.39, 0.29) is 41.5 Å². The van der Waals surface area contributed by atoms with E-state index < -0.39 is 28.7 Å². The minimum Gasteiger partial charge on any atom is -0.394 e. The van der Waals surface area contributed by atoms with Crippen molar-refractivity contribution in [1.82, 2.24) is 14.7 Å². The molecule has 4 aliphatic rings. The number of nitrogens with zero attached hydrogens (tertiary/aromatic N) is 3. The average Bonchev–Trinajstić information content (AvgIpc) is 3.56. The zero-order valence-corrected chi connectivity index (χ0v) is 24.6. The fourth-order valence-electron chi connectivity index (χ4n) is 8.03. The number of likely N-dealkylation sites (tertiary alicyclic amines) is 1. The topological polar surface area (TPSA) is 81.2 Å². The first kappa shape index (κ1) is 28.9. The summed E-state index contributed by atoms with van der Waals surface area (Å²) in [6.45, 7) is 10.4. The Morgan fingerprint density at radius 2 is 1.80 bits per heavy atom. The molecule has 8 heteroatoms. The Labute approximate surface area is 242 Å². The molecule has 216 valence electrons.